The van der Waals surface area contributed by atoms with Gasteiger partial charge in [-0.05, 0) is 26.3 Å². The minimum Gasteiger partial charge on any atom is -0.460 e. The number of unbranched alkanes of at least 4 members (excludes halogenated alkanes) is 3. The zero-order valence-electron chi connectivity index (χ0n) is 20.1. The number of aryl methyl sites for hydroxylation is 1. The molecule has 0 aliphatic heterocycles. The Morgan fingerprint density at radius 1 is 1.06 bits per heavy atom. The first-order valence-corrected chi connectivity index (χ1v) is 10.8. The maximum Gasteiger partial charge on any atom is 0.330 e. The highest BCUT2D eigenvalue weighted by Gasteiger charge is 2.05. The molecule has 0 unspecified atom stereocenters. The van der Waals surface area contributed by atoms with E-state index in [-0.39, 0.29) is 0 Å². The van der Waals surface area contributed by atoms with E-state index in [1.54, 1.807) is 20.3 Å². The van der Waals surface area contributed by atoms with E-state index in [1.807, 2.05) is 44.2 Å². The van der Waals surface area contributed by atoms with Gasteiger partial charge in [-0.1, -0.05) is 73.8 Å². The van der Waals surface area contributed by atoms with Crippen LogP contribution in [0.2, 0.25) is 0 Å². The van der Waals surface area contributed by atoms with Gasteiger partial charge in [-0.15, -0.1) is 0 Å². The topological polar surface area (TPSA) is 83.7 Å². The molecular formula is C25H38N2O5. The molecule has 0 atom stereocenters. The molecule has 2 aromatic rings. The van der Waals surface area contributed by atoms with Gasteiger partial charge in [0.15, 0.2) is 0 Å². The number of hydrogen-bond acceptors (Lipinski definition) is 7. The molecule has 1 heterocycles. The van der Waals surface area contributed by atoms with Crippen LogP contribution in [0.1, 0.15) is 51.0 Å². The molecule has 32 heavy (non-hydrogen) atoms. The van der Waals surface area contributed by atoms with E-state index < -0.39 is 5.97 Å². The Morgan fingerprint density at radius 3 is 2.31 bits per heavy atom. The number of hydrogen-bond donors (Lipinski definition) is 0. The van der Waals surface area contributed by atoms with Crippen molar-refractivity contribution in [2.24, 2.45) is 0 Å². The van der Waals surface area contributed by atoms with Gasteiger partial charge >= 0.3 is 5.97 Å². The molecule has 0 saturated heterocycles. The van der Waals surface area contributed by atoms with Crippen LogP contribution in [-0.4, -0.2) is 50.2 Å². The summed E-state index contributed by atoms with van der Waals surface area (Å²) >= 11 is 0. The third-order valence-electron chi connectivity index (χ3n) is 3.96. The molecule has 2 rings (SSSR count). The highest BCUT2D eigenvalue weighted by Crippen LogP contribution is 2.16. The molecule has 0 aliphatic rings. The van der Waals surface area contributed by atoms with Crippen LogP contribution in [0.15, 0.2) is 47.5 Å². The number of aromatic nitrogens is 2. The van der Waals surface area contributed by atoms with Crippen molar-refractivity contribution in [2.75, 3.05) is 34.0 Å². The maximum atomic E-state index is 10.3. The summed E-state index contributed by atoms with van der Waals surface area (Å²) in [6.45, 7) is 11.1. The van der Waals surface area contributed by atoms with Gasteiger partial charge in [-0.25, -0.2) is 4.79 Å². The van der Waals surface area contributed by atoms with Crippen molar-refractivity contribution >= 4 is 12.0 Å². The van der Waals surface area contributed by atoms with Crippen LogP contribution < -0.4 is 0 Å². The Kier molecular flexibility index (Phi) is 18.4. The predicted octanol–water partition coefficient (Wildman–Crippen LogP) is 5.65. The van der Waals surface area contributed by atoms with Gasteiger partial charge < -0.3 is 18.7 Å². The number of nitrogens with zero attached hydrogens (tertiary/aromatic N) is 2. The molecule has 0 spiro atoms. The van der Waals surface area contributed by atoms with Crippen LogP contribution in [0.5, 0.6) is 0 Å². The minimum atomic E-state index is -0.410. The molecule has 1 aromatic heterocycles. The second-order valence-electron chi connectivity index (χ2n) is 6.74. The number of rotatable bonds is 11. The number of methoxy groups -OCH3 is 2. The molecule has 0 fully saturated rings. The van der Waals surface area contributed by atoms with E-state index in [4.69, 9.17) is 9.26 Å². The maximum absolute atomic E-state index is 10.3. The summed E-state index contributed by atoms with van der Waals surface area (Å²) in [5.41, 5.74) is 2.19. The van der Waals surface area contributed by atoms with Crippen LogP contribution in [0.4, 0.5) is 0 Å². The summed E-state index contributed by atoms with van der Waals surface area (Å²) in [4.78, 5) is 14.5. The number of benzene rings is 1. The van der Waals surface area contributed by atoms with Crippen molar-refractivity contribution in [3.8, 4) is 11.4 Å². The standard InChI is InChI=1S/C12H12N2O.C7H16O.C6H10O3/c1-3-4-11-13-12(14-15-11)10-7-5-9(2)6-8-10;1-3-4-5-6-7-8-2;1-3-6(7)9-5-4-8-2/h3-8H,1-2H3;3-7H2,1-2H3;3H,1,4-5H2,2H3/b4-3+;;. The highest BCUT2D eigenvalue weighted by molar-refractivity contribution is 5.81. The van der Waals surface area contributed by atoms with E-state index in [1.165, 1.54) is 31.2 Å². The van der Waals surface area contributed by atoms with Gasteiger partial charge in [0.1, 0.15) is 6.61 Å². The van der Waals surface area contributed by atoms with Crippen LogP contribution in [0, 0.1) is 6.92 Å². The smallest absolute Gasteiger partial charge is 0.330 e. The van der Waals surface area contributed by atoms with Gasteiger partial charge in [0.05, 0.1) is 6.61 Å². The quantitative estimate of drug-likeness (QED) is 0.250. The summed E-state index contributed by atoms with van der Waals surface area (Å²) in [5.74, 6) is 0.753. The van der Waals surface area contributed by atoms with Gasteiger partial charge in [-0.3, -0.25) is 0 Å². The number of allylic oxidation sites excluding steroid dienone is 1. The number of carbonyl (C=O) groups excluding carboxylic acids is 1. The molecule has 0 amide bonds. The van der Waals surface area contributed by atoms with Crippen molar-refractivity contribution in [2.45, 2.75) is 46.5 Å². The van der Waals surface area contributed by atoms with E-state index in [2.05, 4.69) is 33.1 Å². The predicted molar refractivity (Wildman–Crippen MR) is 128 cm³/mol. The Labute approximate surface area is 192 Å². The first-order chi connectivity index (χ1) is 15.5. The lowest BCUT2D eigenvalue weighted by Gasteiger charge is -1.98. The number of esters is 1. The second-order valence-corrected chi connectivity index (χ2v) is 6.74. The van der Waals surface area contributed by atoms with Crippen molar-refractivity contribution in [3.05, 3.63) is 54.5 Å². The fraction of sp³-hybridized carbons (Fsp3) is 0.480. The SMILES string of the molecule is C/C=C/c1nc(-c2ccc(C)cc2)no1.C=CC(=O)OCCOC.CCCCCCOC. The van der Waals surface area contributed by atoms with Crippen LogP contribution in [0.25, 0.3) is 17.5 Å². The second kappa shape index (κ2) is 20.2. The summed E-state index contributed by atoms with van der Waals surface area (Å²) in [7, 11) is 3.30. The number of carbonyl (C=O) groups is 1. The molecule has 1 aromatic carbocycles. The van der Waals surface area contributed by atoms with Crippen molar-refractivity contribution in [3.63, 3.8) is 0 Å². The lowest BCUT2D eigenvalue weighted by molar-refractivity contribution is -0.138. The van der Waals surface area contributed by atoms with E-state index in [9.17, 15) is 4.79 Å². The first-order valence-electron chi connectivity index (χ1n) is 10.8. The monoisotopic (exact) mass is 446 g/mol. The minimum absolute atomic E-state index is 0.293. The molecular weight excluding hydrogens is 408 g/mol. The zero-order valence-corrected chi connectivity index (χ0v) is 20.1. The van der Waals surface area contributed by atoms with E-state index in [0.717, 1.165) is 18.2 Å². The molecule has 0 bridgehead atoms. The molecule has 7 heteroatoms. The average molecular weight is 447 g/mol. The molecule has 0 N–H and O–H groups in total. The Bertz CT molecular complexity index is 748. The van der Waals surface area contributed by atoms with Crippen molar-refractivity contribution in [1.29, 1.82) is 0 Å². The van der Waals surface area contributed by atoms with Crippen LogP contribution >= 0.6 is 0 Å². The van der Waals surface area contributed by atoms with Gasteiger partial charge in [0.2, 0.25) is 5.82 Å². The van der Waals surface area contributed by atoms with Gasteiger partial charge in [0, 0.05) is 32.5 Å². The van der Waals surface area contributed by atoms with Crippen LogP contribution in [0.3, 0.4) is 0 Å². The first kappa shape index (κ1) is 29.2. The normalized spacial score (nSPS) is 10.0. The summed E-state index contributed by atoms with van der Waals surface area (Å²) in [6.07, 6.45) is 9.98. The summed E-state index contributed by atoms with van der Waals surface area (Å²) in [6, 6.07) is 8.03. The lowest BCUT2D eigenvalue weighted by atomic mass is 10.1. The molecule has 0 aliphatic carbocycles. The Morgan fingerprint density at radius 2 is 1.75 bits per heavy atom. The Hall–Kier alpha value is -2.77. The fourth-order valence-corrected chi connectivity index (χ4v) is 2.22. The third kappa shape index (κ3) is 15.1. The summed E-state index contributed by atoms with van der Waals surface area (Å²) in [5, 5.41) is 3.90. The summed E-state index contributed by atoms with van der Waals surface area (Å²) < 4.78 is 19.1. The van der Waals surface area contributed by atoms with Crippen LogP contribution in [-0.2, 0) is 19.0 Å². The van der Waals surface area contributed by atoms with Crippen molar-refractivity contribution < 1.29 is 23.5 Å². The van der Waals surface area contributed by atoms with Gasteiger partial charge in [-0.2, -0.15) is 4.98 Å². The largest absolute Gasteiger partial charge is 0.460 e. The highest BCUT2D eigenvalue weighted by atomic mass is 16.6. The molecule has 7 nitrogen and oxygen atoms in total. The van der Waals surface area contributed by atoms with Gasteiger partial charge in [0.25, 0.3) is 5.89 Å². The third-order valence-corrected chi connectivity index (χ3v) is 3.96. The molecule has 0 radical (unpaired) electrons. The lowest BCUT2D eigenvalue weighted by Crippen LogP contribution is -2.06. The van der Waals surface area contributed by atoms with E-state index >= 15 is 0 Å². The van der Waals surface area contributed by atoms with Crippen molar-refractivity contribution in [1.82, 2.24) is 10.1 Å². The molecule has 178 valence electrons. The number of ether oxygens (including phenoxy) is 3. The fourth-order valence-electron chi connectivity index (χ4n) is 2.22. The molecule has 0 saturated carbocycles. The average Bonchev–Trinajstić information content (AvgIpc) is 3.27. The zero-order chi connectivity index (χ0) is 24.0. The van der Waals surface area contributed by atoms with E-state index in [0.29, 0.717) is 24.9 Å². The Balaban J connectivity index is 0.000000490.